The highest BCUT2D eigenvalue weighted by molar-refractivity contribution is 5.65. The van der Waals surface area contributed by atoms with E-state index in [4.69, 9.17) is 0 Å². The number of rotatable bonds is 3. The molecule has 0 aromatic heterocycles. The average molecular weight is 323 g/mol. The predicted octanol–water partition coefficient (Wildman–Crippen LogP) is 9.21. The van der Waals surface area contributed by atoms with E-state index in [0.717, 1.165) is 0 Å². The number of benzene rings is 1. The summed E-state index contributed by atoms with van der Waals surface area (Å²) in [6.45, 7) is 19.9. The lowest BCUT2D eigenvalue weighted by atomic mass is 10.1. The van der Waals surface area contributed by atoms with Crippen LogP contribution < -0.4 is 0 Å². The van der Waals surface area contributed by atoms with Gasteiger partial charge in [0.05, 0.1) is 0 Å². The van der Waals surface area contributed by atoms with Gasteiger partial charge in [-0.25, -0.2) is 0 Å². The highest BCUT2D eigenvalue weighted by Crippen LogP contribution is 2.13. The summed E-state index contributed by atoms with van der Waals surface area (Å²) >= 11 is 0. The molecule has 23 heavy (non-hydrogen) atoms. The molecule has 0 bridgehead atoms. The molecule has 0 atom stereocenters. The first-order valence-electron chi connectivity index (χ1n) is 7.77. The van der Waals surface area contributed by atoms with Crippen molar-refractivity contribution >= 4 is 5.57 Å². The summed E-state index contributed by atoms with van der Waals surface area (Å²) in [7, 11) is 0. The third-order valence-electron chi connectivity index (χ3n) is 2.15. The molecule has 0 spiro atoms. The fourth-order valence-corrected chi connectivity index (χ4v) is 1.12. The average Bonchev–Trinajstić information content (AvgIpc) is 2.58. The van der Waals surface area contributed by atoms with E-state index in [1.807, 2.05) is 60.6 Å². The lowest BCUT2D eigenvalue weighted by Crippen LogP contribution is -1.76. The van der Waals surface area contributed by atoms with E-state index in [9.17, 15) is 0 Å². The topological polar surface area (TPSA) is 0 Å². The van der Waals surface area contributed by atoms with E-state index in [0.29, 0.717) is 0 Å². The summed E-state index contributed by atoms with van der Waals surface area (Å²) in [5.41, 5.74) is 3.72. The Morgan fingerprint density at radius 3 is 1.48 bits per heavy atom. The number of hydrogen-bond acceptors (Lipinski definition) is 0. The molecule has 0 saturated heterocycles. The van der Waals surface area contributed by atoms with Gasteiger partial charge in [-0.1, -0.05) is 125 Å². The van der Waals surface area contributed by atoms with E-state index in [-0.39, 0.29) is 22.3 Å². The fourth-order valence-electron chi connectivity index (χ4n) is 1.12. The van der Waals surface area contributed by atoms with Gasteiger partial charge in [0.25, 0.3) is 0 Å². The van der Waals surface area contributed by atoms with Crippen molar-refractivity contribution in [3.05, 3.63) is 66.3 Å². The molecule has 0 N–H and O–H groups in total. The van der Waals surface area contributed by atoms with Gasteiger partial charge in [-0.2, -0.15) is 0 Å². The molecule has 0 fully saturated rings. The smallest absolute Gasteiger partial charge is 0.0227 e. The molecule has 0 nitrogen and oxygen atoms in total. The fraction of sp³-hybridized carbons (Fsp3) is 0.478. The van der Waals surface area contributed by atoms with E-state index >= 15 is 0 Å². The van der Waals surface area contributed by atoms with Crippen molar-refractivity contribution in [2.24, 2.45) is 0 Å². The third-order valence-corrected chi connectivity index (χ3v) is 2.15. The highest BCUT2D eigenvalue weighted by atomic mass is 14.0. The second kappa shape index (κ2) is 32.4. The minimum absolute atomic E-state index is 0. The van der Waals surface area contributed by atoms with Crippen molar-refractivity contribution in [1.82, 2.24) is 0 Å². The summed E-state index contributed by atoms with van der Waals surface area (Å²) in [6, 6.07) is 10.4. The quantitative estimate of drug-likeness (QED) is 0.486. The molecular weight excluding hydrogens is 276 g/mol. The van der Waals surface area contributed by atoms with Crippen LogP contribution in [-0.2, 0) is 0 Å². The van der Waals surface area contributed by atoms with Crippen molar-refractivity contribution in [3.63, 3.8) is 0 Å². The third kappa shape index (κ3) is 22.9. The highest BCUT2D eigenvalue weighted by Gasteiger charge is 1.90. The van der Waals surface area contributed by atoms with Gasteiger partial charge in [-0.3, -0.25) is 0 Å². The predicted molar refractivity (Wildman–Crippen MR) is 118 cm³/mol. The molecule has 1 rings (SSSR count). The molecule has 0 radical (unpaired) electrons. The maximum Gasteiger partial charge on any atom is -0.0227 e. The summed E-state index contributed by atoms with van der Waals surface area (Å²) in [5, 5.41) is 0. The van der Waals surface area contributed by atoms with Gasteiger partial charge in [-0.05, 0) is 25.0 Å². The molecule has 0 aliphatic heterocycles. The van der Waals surface area contributed by atoms with Crippen molar-refractivity contribution < 1.29 is 0 Å². The minimum Gasteiger partial charge on any atom is -0.0988 e. The molecule has 0 heteroatoms. The first kappa shape index (κ1) is 37.6. The first-order chi connectivity index (χ1) is 9.74. The molecule has 0 unspecified atom stereocenters. The zero-order valence-corrected chi connectivity index (χ0v) is 14.8. The molecule has 0 aliphatic rings. The van der Waals surface area contributed by atoms with Crippen LogP contribution in [0.25, 0.3) is 5.57 Å². The Labute approximate surface area is 150 Å². The van der Waals surface area contributed by atoms with Crippen LogP contribution in [0.1, 0.15) is 83.2 Å². The molecular formula is C23H46. The summed E-state index contributed by atoms with van der Waals surface area (Å²) in [5.74, 6) is 0. The Morgan fingerprint density at radius 2 is 1.13 bits per heavy atom. The summed E-state index contributed by atoms with van der Waals surface area (Å²) in [4.78, 5) is 0. The van der Waals surface area contributed by atoms with Gasteiger partial charge in [0, 0.05) is 0 Å². The maximum atomic E-state index is 3.71. The van der Waals surface area contributed by atoms with Crippen LogP contribution >= 0.6 is 0 Å². The Bertz CT molecular complexity index is 353. The van der Waals surface area contributed by atoms with Gasteiger partial charge in [0.2, 0.25) is 0 Å². The van der Waals surface area contributed by atoms with E-state index in [1.165, 1.54) is 16.7 Å². The second-order valence-corrected chi connectivity index (χ2v) is 3.33. The van der Waals surface area contributed by atoms with E-state index in [2.05, 4.69) is 49.9 Å². The van der Waals surface area contributed by atoms with Crippen LogP contribution in [0.15, 0.2) is 60.7 Å². The molecule has 0 aliphatic carbocycles. The summed E-state index contributed by atoms with van der Waals surface area (Å²) in [6.07, 6.45) is 6.05. The van der Waals surface area contributed by atoms with Gasteiger partial charge < -0.3 is 0 Å². The van der Waals surface area contributed by atoms with E-state index in [1.54, 1.807) is 0 Å². The SMILES string of the molecule is C.C.C.C=C/C(C)=C\C=C(/C)c1ccccc1.CC.CC.CC. The van der Waals surface area contributed by atoms with Crippen molar-refractivity contribution in [2.75, 3.05) is 0 Å². The lowest BCUT2D eigenvalue weighted by Gasteiger charge is -1.98. The van der Waals surface area contributed by atoms with Crippen molar-refractivity contribution in [1.29, 1.82) is 0 Å². The molecule has 138 valence electrons. The Balaban J connectivity index is -0.0000000722. The second-order valence-electron chi connectivity index (χ2n) is 3.33. The van der Waals surface area contributed by atoms with Crippen LogP contribution in [0, 0.1) is 0 Å². The van der Waals surface area contributed by atoms with Crippen molar-refractivity contribution in [3.8, 4) is 0 Å². The zero-order chi connectivity index (χ0) is 16.4. The van der Waals surface area contributed by atoms with E-state index < -0.39 is 0 Å². The summed E-state index contributed by atoms with van der Waals surface area (Å²) < 4.78 is 0. The zero-order valence-electron chi connectivity index (χ0n) is 14.8. The molecule has 0 heterocycles. The van der Waals surface area contributed by atoms with Gasteiger partial charge in [-0.15, -0.1) is 0 Å². The van der Waals surface area contributed by atoms with Crippen LogP contribution in [0.5, 0.6) is 0 Å². The lowest BCUT2D eigenvalue weighted by molar-refractivity contribution is 1.50. The monoisotopic (exact) mass is 322 g/mol. The standard InChI is InChI=1S/C14H16.3C2H6.3CH4/c1-4-12(2)10-11-13(3)14-8-6-5-7-9-14;3*1-2;;;/h4-11H,1H2,2-3H3;3*1-2H3;3*1H4/b12-10-,13-11+;;;;;;. The first-order valence-corrected chi connectivity index (χ1v) is 7.77. The minimum atomic E-state index is 0. The van der Waals surface area contributed by atoms with Gasteiger partial charge in [0.1, 0.15) is 0 Å². The molecule has 1 aromatic carbocycles. The number of hydrogen-bond donors (Lipinski definition) is 0. The van der Waals surface area contributed by atoms with Gasteiger partial charge in [0.15, 0.2) is 0 Å². The normalized spacial score (nSPS) is 8.52. The Morgan fingerprint density at radius 1 is 0.739 bits per heavy atom. The van der Waals surface area contributed by atoms with Crippen LogP contribution in [-0.4, -0.2) is 0 Å². The van der Waals surface area contributed by atoms with Crippen LogP contribution in [0.3, 0.4) is 0 Å². The van der Waals surface area contributed by atoms with Crippen LogP contribution in [0.2, 0.25) is 0 Å². The maximum absolute atomic E-state index is 3.71. The molecule has 1 aromatic rings. The Kier molecular flexibility index (Phi) is 52.9. The molecule has 0 amide bonds. The largest absolute Gasteiger partial charge is 0.0988 e. The van der Waals surface area contributed by atoms with Crippen molar-refractivity contribution in [2.45, 2.75) is 77.7 Å². The van der Waals surface area contributed by atoms with Gasteiger partial charge >= 0.3 is 0 Å². The Hall–Kier alpha value is -1.56. The number of allylic oxidation sites excluding steroid dienone is 5. The van der Waals surface area contributed by atoms with Crippen LogP contribution in [0.4, 0.5) is 0 Å². The molecule has 0 saturated carbocycles.